The zero-order valence-corrected chi connectivity index (χ0v) is 27.4. The van der Waals surface area contributed by atoms with Crippen LogP contribution in [0.25, 0.3) is 0 Å². The highest BCUT2D eigenvalue weighted by Gasteiger charge is 2.27. The lowest BCUT2D eigenvalue weighted by molar-refractivity contribution is 0.467. The van der Waals surface area contributed by atoms with Crippen molar-refractivity contribution in [3.05, 3.63) is 46.5 Å². The van der Waals surface area contributed by atoms with Gasteiger partial charge >= 0.3 is 0 Å². The molecule has 0 saturated heterocycles. The predicted molar refractivity (Wildman–Crippen MR) is 197 cm³/mol. The van der Waals surface area contributed by atoms with Crippen molar-refractivity contribution in [2.45, 2.75) is 51.4 Å². The van der Waals surface area contributed by atoms with Crippen molar-refractivity contribution in [1.82, 2.24) is 0 Å². The molecule has 216 valence electrons. The van der Waals surface area contributed by atoms with Crippen LogP contribution in [-0.4, -0.2) is 0 Å². The van der Waals surface area contributed by atoms with Gasteiger partial charge in [-0.1, -0.05) is 12.1 Å². The van der Waals surface area contributed by atoms with Gasteiger partial charge in [0, 0.05) is 10.6 Å². The molecule has 0 spiro atoms. The molecule has 0 radical (unpaired) electrons. The maximum atomic E-state index is 7.20. The Hall–Kier alpha value is -6.18. The van der Waals surface area contributed by atoms with E-state index in [0.717, 1.165) is 84.6 Å². The molecule has 0 N–H and O–H groups in total. The van der Waals surface area contributed by atoms with E-state index in [4.69, 9.17) is 30.4 Å². The van der Waals surface area contributed by atoms with E-state index in [2.05, 4.69) is 142 Å². The second-order valence-corrected chi connectivity index (χ2v) is 13.0. The number of fused-ring (bicyclic) bond motifs is 2. The molecule has 0 atom stereocenters. The Kier molecular flexibility index (Phi) is 13.3. The van der Waals surface area contributed by atoms with E-state index >= 15 is 0 Å². The third-order valence-corrected chi connectivity index (χ3v) is 10.1. The third-order valence-electron chi connectivity index (χ3n) is 7.06. The Morgan fingerprint density at radius 1 is 0.426 bits per heavy atom. The number of benzene rings is 2. The number of ether oxygens (including phenoxy) is 1. The van der Waals surface area contributed by atoms with Gasteiger partial charge in [0.1, 0.15) is 11.5 Å². The standard InChI is InChI=1S/C44H24OP2/c1-5-9-13-21-33-46(34-22-14-10-6-2)41-31-29-37-25-17-19-27-39(37)43(41)45-44-40-28-20-18-26-38(40)30-32-42(44)47(35-23-15-11-7-3)36-24-16-12-8-4/h1-4,29-32H,17-20,25-28H2. The van der Waals surface area contributed by atoms with Crippen molar-refractivity contribution in [2.75, 3.05) is 0 Å². The highest BCUT2D eigenvalue weighted by Crippen LogP contribution is 2.45. The molecule has 0 saturated carbocycles. The van der Waals surface area contributed by atoms with E-state index in [1.807, 2.05) is 0 Å². The first kappa shape index (κ1) is 33.7. The molecule has 0 aliphatic heterocycles. The maximum Gasteiger partial charge on any atom is 0.140 e. The van der Waals surface area contributed by atoms with E-state index in [1.54, 1.807) is 0 Å². The Labute approximate surface area is 282 Å². The van der Waals surface area contributed by atoms with E-state index in [-0.39, 0.29) is 0 Å². The lowest BCUT2D eigenvalue weighted by Crippen LogP contribution is -2.18. The fourth-order valence-electron chi connectivity index (χ4n) is 5.15. The minimum absolute atomic E-state index is 0.766. The first-order chi connectivity index (χ1) is 23.2. The Balaban J connectivity index is 2.00. The number of hydrogen-bond donors (Lipinski definition) is 0. The summed E-state index contributed by atoms with van der Waals surface area (Å²) in [6.45, 7) is 0. The topological polar surface area (TPSA) is 9.23 Å². The quantitative estimate of drug-likeness (QED) is 0.305. The molecule has 2 aromatic rings. The normalized spacial score (nSPS) is 10.9. The predicted octanol–water partition coefficient (Wildman–Crippen LogP) is 5.84. The third kappa shape index (κ3) is 9.41. The molecule has 3 heteroatoms. The van der Waals surface area contributed by atoms with Crippen molar-refractivity contribution >= 4 is 26.5 Å². The van der Waals surface area contributed by atoms with E-state index in [1.165, 1.54) is 11.1 Å². The van der Waals surface area contributed by atoms with Crippen LogP contribution in [0.3, 0.4) is 0 Å². The summed E-state index contributed by atoms with van der Waals surface area (Å²) < 4.78 is 7.20. The Morgan fingerprint density at radius 2 is 0.766 bits per heavy atom. The molecule has 0 amide bonds. The average Bonchev–Trinajstić information content (AvgIpc) is 3.11. The summed E-state index contributed by atoms with van der Waals surface area (Å²) in [4.78, 5) is 0. The summed E-state index contributed by atoms with van der Waals surface area (Å²) in [6.07, 6.45) is 29.3. The minimum atomic E-state index is -1.40. The zero-order valence-electron chi connectivity index (χ0n) is 25.6. The van der Waals surface area contributed by atoms with Gasteiger partial charge in [-0.3, -0.25) is 0 Å². The molecule has 0 bridgehead atoms. The smallest absolute Gasteiger partial charge is 0.140 e. The molecule has 4 rings (SSSR count). The molecule has 0 fully saturated rings. The fourth-order valence-corrected chi connectivity index (χ4v) is 7.63. The second-order valence-electron chi connectivity index (χ2n) is 9.81. The van der Waals surface area contributed by atoms with Crippen LogP contribution < -0.4 is 15.3 Å². The maximum absolute atomic E-state index is 7.20. The summed E-state index contributed by atoms with van der Waals surface area (Å²) in [7, 11) is -2.80. The van der Waals surface area contributed by atoms with Gasteiger partial charge < -0.3 is 4.74 Å². The van der Waals surface area contributed by atoms with Crippen LogP contribution in [0, 0.1) is 143 Å². The highest BCUT2D eigenvalue weighted by molar-refractivity contribution is 7.75. The molecule has 0 aromatic heterocycles. The summed E-state index contributed by atoms with van der Waals surface area (Å²) in [5.41, 5.74) is 17.8. The van der Waals surface area contributed by atoms with Crippen molar-refractivity contribution in [3.8, 4) is 155 Å². The summed E-state index contributed by atoms with van der Waals surface area (Å²) in [5.74, 6) is 43.3. The fraction of sp³-hybridized carbons (Fsp3) is 0.182. The van der Waals surface area contributed by atoms with Crippen LogP contribution in [-0.2, 0) is 25.7 Å². The molecular formula is C44H24OP2. The largest absolute Gasteiger partial charge is 0.455 e. The molecule has 47 heavy (non-hydrogen) atoms. The summed E-state index contributed by atoms with van der Waals surface area (Å²) in [6, 6.07) is 8.46. The van der Waals surface area contributed by atoms with Crippen LogP contribution >= 0.6 is 15.8 Å². The lowest BCUT2D eigenvalue weighted by Gasteiger charge is -2.27. The number of rotatable bonds is 4. The monoisotopic (exact) mass is 630 g/mol. The van der Waals surface area contributed by atoms with Crippen molar-refractivity contribution in [3.63, 3.8) is 0 Å². The first-order valence-electron chi connectivity index (χ1n) is 14.6. The van der Waals surface area contributed by atoms with Gasteiger partial charge in [0.25, 0.3) is 0 Å². The molecule has 1 nitrogen and oxygen atoms in total. The SMILES string of the molecule is C#CC#CC#CP(C#CC#CC#C)c1ccc2c(c1Oc1c(P(C#CC#CC#C)C#CC#CC#C)ccc3c1CCCC3)CCCC2. The van der Waals surface area contributed by atoms with E-state index in [9.17, 15) is 0 Å². The summed E-state index contributed by atoms with van der Waals surface area (Å²) >= 11 is 0. The molecule has 2 aliphatic rings. The van der Waals surface area contributed by atoms with Gasteiger partial charge in [-0.15, -0.1) is 25.7 Å². The van der Waals surface area contributed by atoms with Gasteiger partial charge in [0.2, 0.25) is 0 Å². The average molecular weight is 631 g/mol. The zero-order chi connectivity index (χ0) is 33.1. The van der Waals surface area contributed by atoms with Crippen LogP contribution in [0.5, 0.6) is 11.5 Å². The number of hydrogen-bond acceptors (Lipinski definition) is 1. The van der Waals surface area contributed by atoms with E-state index in [0.29, 0.717) is 0 Å². The number of terminal acetylenes is 4. The minimum Gasteiger partial charge on any atom is -0.455 e. The van der Waals surface area contributed by atoms with Gasteiger partial charge in [-0.25, -0.2) is 0 Å². The van der Waals surface area contributed by atoms with Crippen LogP contribution in [0.4, 0.5) is 0 Å². The first-order valence-corrected chi connectivity index (χ1v) is 17.3. The van der Waals surface area contributed by atoms with Crippen LogP contribution in [0.1, 0.15) is 47.9 Å². The van der Waals surface area contributed by atoms with Crippen molar-refractivity contribution in [2.24, 2.45) is 0 Å². The molecule has 0 heterocycles. The summed E-state index contributed by atoms with van der Waals surface area (Å²) in [5, 5.41) is 1.76. The molecular weight excluding hydrogens is 606 g/mol. The van der Waals surface area contributed by atoms with Gasteiger partial charge in [-0.05, 0) is 203 Å². The molecule has 2 aliphatic carbocycles. The second kappa shape index (κ2) is 18.6. The Morgan fingerprint density at radius 3 is 1.11 bits per heavy atom. The molecule has 2 aromatic carbocycles. The van der Waals surface area contributed by atoms with Crippen LogP contribution in [0.15, 0.2) is 24.3 Å². The van der Waals surface area contributed by atoms with E-state index < -0.39 is 15.8 Å². The van der Waals surface area contributed by atoms with Crippen molar-refractivity contribution in [1.29, 1.82) is 0 Å². The van der Waals surface area contributed by atoms with Gasteiger partial charge in [0.05, 0.1) is 15.8 Å². The van der Waals surface area contributed by atoms with Crippen LogP contribution in [0.2, 0.25) is 0 Å². The van der Waals surface area contributed by atoms with Gasteiger partial charge in [-0.2, -0.15) is 0 Å². The van der Waals surface area contributed by atoms with Crippen molar-refractivity contribution < 1.29 is 4.74 Å². The lowest BCUT2D eigenvalue weighted by atomic mass is 9.90. The Bertz CT molecular complexity index is 2020. The van der Waals surface area contributed by atoms with Gasteiger partial charge in [0.15, 0.2) is 0 Å². The number of aryl methyl sites for hydroxylation is 2. The highest BCUT2D eigenvalue weighted by atomic mass is 31.1. The molecule has 0 unspecified atom stereocenters.